The largest absolute Gasteiger partial charge is 0.475 e. The number of rotatable bonds is 16. The van der Waals surface area contributed by atoms with Crippen LogP contribution in [0, 0.1) is 57.2 Å². The molecule has 0 radical (unpaired) electrons. The van der Waals surface area contributed by atoms with Gasteiger partial charge in [0.15, 0.2) is 0 Å². The van der Waals surface area contributed by atoms with E-state index in [0.29, 0.717) is 19.5 Å². The van der Waals surface area contributed by atoms with Crippen molar-refractivity contribution in [2.75, 3.05) is 13.1 Å². The number of piperidine rings is 2. The maximum absolute atomic E-state index is 13.8. The van der Waals surface area contributed by atoms with Crippen LogP contribution < -0.4 is 27.0 Å². The molecule has 0 spiro atoms. The first-order valence-corrected chi connectivity index (χ1v) is 25.5. The van der Waals surface area contributed by atoms with E-state index in [0.717, 1.165) is 25.7 Å². The van der Waals surface area contributed by atoms with Crippen molar-refractivity contribution in [3.8, 4) is 0 Å². The lowest BCUT2D eigenvalue weighted by atomic mass is 9.85. The molecule has 5 unspecified atom stereocenters. The third-order valence-corrected chi connectivity index (χ3v) is 15.3. The highest BCUT2D eigenvalue weighted by Gasteiger charge is 2.71. The molecule has 6 aliphatic rings. The Bertz CT molecular complexity index is 2040. The molecule has 20 heteroatoms. The van der Waals surface area contributed by atoms with E-state index in [-0.39, 0.29) is 58.7 Å². The van der Waals surface area contributed by atoms with Gasteiger partial charge in [-0.25, -0.2) is 14.4 Å². The lowest BCUT2D eigenvalue weighted by Crippen LogP contribution is -2.60. The molecule has 7 amide bonds. The summed E-state index contributed by atoms with van der Waals surface area (Å²) in [6.45, 7) is 30.3. The average Bonchev–Trinajstić information content (AvgIpc) is 4.19. The zero-order valence-corrected chi connectivity index (χ0v) is 45.4. The van der Waals surface area contributed by atoms with Crippen LogP contribution in [-0.2, 0) is 47.8 Å². The third kappa shape index (κ3) is 13.6. The number of carboxylic acids is 1. The van der Waals surface area contributed by atoms with Crippen LogP contribution in [0.25, 0.3) is 0 Å². The zero-order valence-electron chi connectivity index (χ0n) is 45.4. The Morgan fingerprint density at radius 2 is 0.875 bits per heavy atom. The van der Waals surface area contributed by atoms with E-state index >= 15 is 0 Å². The van der Waals surface area contributed by atoms with Gasteiger partial charge in [-0.3, -0.25) is 33.6 Å². The summed E-state index contributed by atoms with van der Waals surface area (Å²) < 4.78 is 10.7. The van der Waals surface area contributed by atoms with Gasteiger partial charge in [-0.05, 0) is 112 Å². The molecule has 0 aromatic heterocycles. The number of carbonyl (C=O) groups excluding carboxylic acids is 9. The minimum atomic E-state index is -1.58. The fourth-order valence-corrected chi connectivity index (χ4v) is 10.8. The van der Waals surface area contributed by atoms with E-state index in [1.54, 1.807) is 41.5 Å². The number of likely N-dealkylation sites (tertiary alicyclic amines) is 2. The molecule has 4 saturated carbocycles. The van der Waals surface area contributed by atoms with Gasteiger partial charge in [0, 0.05) is 13.1 Å². The summed E-state index contributed by atoms with van der Waals surface area (Å²) in [6.07, 6.45) is 2.87. The molecule has 2 saturated heterocycles. The number of amides is 7. The number of fused-ring (bicyclic) bond motifs is 2. The smallest absolute Gasteiger partial charge is 0.408 e. The van der Waals surface area contributed by atoms with Crippen LogP contribution >= 0.6 is 0 Å². The molecule has 0 aromatic rings. The second-order valence-electron chi connectivity index (χ2n) is 26.5. The highest BCUT2D eigenvalue weighted by atomic mass is 16.6. The Kier molecular flexibility index (Phi) is 16.2. The second-order valence-corrected chi connectivity index (χ2v) is 26.5. The Hall–Kier alpha value is -5.30. The van der Waals surface area contributed by atoms with Gasteiger partial charge in [-0.2, -0.15) is 0 Å². The minimum Gasteiger partial charge on any atom is -0.475 e. The molecule has 404 valence electrons. The summed E-state index contributed by atoms with van der Waals surface area (Å²) in [5.74, 6) is -5.81. The highest BCUT2D eigenvalue weighted by molar-refractivity contribution is 6.38. The van der Waals surface area contributed by atoms with Crippen molar-refractivity contribution < 1.29 is 62.5 Å². The Labute approximate surface area is 424 Å². The quantitative estimate of drug-likeness (QED) is 0.119. The van der Waals surface area contributed by atoms with E-state index in [1.807, 2.05) is 55.4 Å². The fourth-order valence-electron chi connectivity index (χ4n) is 10.8. The standard InChI is InChI=1S/C26H42N4O6.C26H41N3O7/c1-24(2,3)19(29-23(35)36-25(4,5)6)22(34)30-12-14-16(26(14,7)8)17(30)21(33)28-15(11-13-9-10-13)18(31)20(27)32;1-24(2,3)19(28-23(35)36-25(4,5)6)21(32)29-12-14-16(26(14,7)8)17(29)20(31)27-15(11-13-9-10-13)18(30)22(33)34/h13-17,19H,9-12H2,1-8H3,(H2,27,32)(H,28,33)(H,29,35);13-17,19H,9-12H2,1-8H3,(H,27,31)(H,28,35)(H,33,34)/t14?,15?,16-,17-,19+;14?,15?,16-,17-,19?/m00/s1. The van der Waals surface area contributed by atoms with Crippen molar-refractivity contribution in [3.63, 3.8) is 0 Å². The predicted octanol–water partition coefficient (Wildman–Crippen LogP) is 4.10. The van der Waals surface area contributed by atoms with E-state index in [4.69, 9.17) is 15.2 Å². The average molecular weight is 1010 g/mol. The molecule has 7 N–H and O–H groups in total. The van der Waals surface area contributed by atoms with Gasteiger partial charge in [-0.1, -0.05) is 94.9 Å². The summed E-state index contributed by atoms with van der Waals surface area (Å²) in [5, 5.41) is 20.1. The molecule has 10 atom stereocenters. The number of Topliss-reactive ketones (excluding diaryl/α,β-unsaturated/α-hetero) is 2. The van der Waals surface area contributed by atoms with E-state index < -0.39 is 112 Å². The summed E-state index contributed by atoms with van der Waals surface area (Å²) in [6, 6.07) is -5.68. The van der Waals surface area contributed by atoms with Gasteiger partial charge < -0.3 is 51.4 Å². The van der Waals surface area contributed by atoms with Crippen molar-refractivity contribution in [3.05, 3.63) is 0 Å². The van der Waals surface area contributed by atoms with E-state index in [9.17, 15) is 53.1 Å². The van der Waals surface area contributed by atoms with Crippen LogP contribution in [-0.4, -0.2) is 135 Å². The minimum absolute atomic E-state index is 0.0890. The molecule has 0 aromatic carbocycles. The number of nitrogens with zero attached hydrogens (tertiary/aromatic N) is 2. The van der Waals surface area contributed by atoms with Crippen molar-refractivity contribution in [2.24, 2.45) is 62.9 Å². The molecule has 0 bridgehead atoms. The van der Waals surface area contributed by atoms with Gasteiger partial charge in [-0.15, -0.1) is 0 Å². The van der Waals surface area contributed by atoms with Crippen molar-refractivity contribution in [2.45, 2.75) is 197 Å². The van der Waals surface area contributed by atoms with Crippen molar-refractivity contribution >= 4 is 59.3 Å². The maximum atomic E-state index is 13.8. The zero-order chi connectivity index (χ0) is 54.8. The number of hydrogen-bond acceptors (Lipinski definition) is 12. The van der Waals surface area contributed by atoms with Crippen LogP contribution in [0.3, 0.4) is 0 Å². The van der Waals surface area contributed by atoms with Crippen LogP contribution in [0.2, 0.25) is 0 Å². The monoisotopic (exact) mass is 1010 g/mol. The first-order valence-electron chi connectivity index (χ1n) is 25.5. The van der Waals surface area contributed by atoms with Crippen LogP contribution in [0.1, 0.15) is 149 Å². The third-order valence-electron chi connectivity index (χ3n) is 15.3. The van der Waals surface area contributed by atoms with Crippen molar-refractivity contribution in [1.82, 2.24) is 31.1 Å². The van der Waals surface area contributed by atoms with Gasteiger partial charge in [0.05, 0.1) is 12.1 Å². The topological polar surface area (TPSA) is 290 Å². The Morgan fingerprint density at radius 3 is 1.14 bits per heavy atom. The molecule has 2 heterocycles. The summed E-state index contributed by atoms with van der Waals surface area (Å²) >= 11 is 0. The van der Waals surface area contributed by atoms with Gasteiger partial charge in [0.2, 0.25) is 29.4 Å². The SMILES string of the molecule is CC(C)(C)OC(=O)NC(C(=O)N1CC2[C@@H]([C@H]1C(=O)NC(CC1CC1)C(=O)C(=O)O)C2(C)C)C(C)(C)C.CC(C)(C)OC(=O)N[C@H](C(=O)N1CC2[C@@H]([C@H]1C(=O)NC(CC1CC1)C(=O)C(N)=O)C2(C)C)C(C)(C)C. The van der Waals surface area contributed by atoms with Gasteiger partial charge in [0.25, 0.3) is 11.7 Å². The number of nitrogens with two attached hydrogens (primary N) is 1. The number of aliphatic carboxylic acids is 1. The van der Waals surface area contributed by atoms with E-state index in [1.165, 1.54) is 9.80 Å². The highest BCUT2D eigenvalue weighted by Crippen LogP contribution is 2.66. The molecular weight excluding hydrogens is 931 g/mol. The van der Waals surface area contributed by atoms with Crippen LogP contribution in [0.5, 0.6) is 0 Å². The Balaban J connectivity index is 0.000000267. The number of hydrogen-bond donors (Lipinski definition) is 6. The lowest BCUT2D eigenvalue weighted by molar-refractivity contribution is -0.151. The van der Waals surface area contributed by atoms with Crippen molar-refractivity contribution in [1.29, 1.82) is 0 Å². The molecule has 20 nitrogen and oxygen atoms in total. The number of primary amides is 1. The number of ketones is 2. The molecular formula is C52H83N7O13. The predicted molar refractivity (Wildman–Crippen MR) is 263 cm³/mol. The maximum Gasteiger partial charge on any atom is 0.408 e. The van der Waals surface area contributed by atoms with Gasteiger partial charge >= 0.3 is 18.2 Å². The second kappa shape index (κ2) is 20.2. The summed E-state index contributed by atoms with van der Waals surface area (Å²) in [4.78, 5) is 131. The van der Waals surface area contributed by atoms with Gasteiger partial charge in [0.1, 0.15) is 35.4 Å². The van der Waals surface area contributed by atoms with Crippen LogP contribution in [0.4, 0.5) is 9.59 Å². The number of carbonyl (C=O) groups is 10. The summed E-state index contributed by atoms with van der Waals surface area (Å²) in [5.41, 5.74) is 2.11. The molecule has 72 heavy (non-hydrogen) atoms. The first kappa shape index (κ1) is 57.6. The first-order chi connectivity index (χ1) is 32.7. The van der Waals surface area contributed by atoms with Crippen LogP contribution in [0.15, 0.2) is 0 Å². The number of carboxylic acid groups (broad SMARTS) is 1. The number of ether oxygens (including phenoxy) is 2. The number of alkyl carbamates (subject to hydrolysis) is 2. The lowest BCUT2D eigenvalue weighted by Gasteiger charge is -2.38. The summed E-state index contributed by atoms with van der Waals surface area (Å²) in [7, 11) is 0. The molecule has 6 fully saturated rings. The number of nitrogens with one attached hydrogen (secondary N) is 4. The Morgan fingerprint density at radius 1 is 0.556 bits per heavy atom. The molecule has 2 aliphatic heterocycles. The normalized spacial score (nSPS) is 26.3. The van der Waals surface area contributed by atoms with E-state index in [2.05, 4.69) is 35.1 Å². The molecule has 6 rings (SSSR count). The molecule has 4 aliphatic carbocycles. The fraction of sp³-hybridized carbons (Fsp3) is 0.808.